The summed E-state index contributed by atoms with van der Waals surface area (Å²) in [6.45, 7) is 7.95. The van der Waals surface area contributed by atoms with Gasteiger partial charge in [-0.1, -0.05) is 26.7 Å². The largest absolute Gasteiger partial charge is 0.394 e. The zero-order valence-electron chi connectivity index (χ0n) is 12.8. The first kappa shape index (κ1) is 15.3. The van der Waals surface area contributed by atoms with E-state index in [4.69, 9.17) is 0 Å². The molecule has 2 aliphatic carbocycles. The topological polar surface area (TPSA) is 35.5 Å². The Kier molecular flexibility index (Phi) is 5.67. The predicted molar refractivity (Wildman–Crippen MR) is 80.3 cm³/mol. The van der Waals surface area contributed by atoms with Crippen LogP contribution in [0.5, 0.6) is 0 Å². The lowest BCUT2D eigenvalue weighted by Crippen LogP contribution is -2.59. The van der Waals surface area contributed by atoms with Gasteiger partial charge in [0.05, 0.1) is 12.1 Å². The number of aliphatic hydroxyl groups is 1. The van der Waals surface area contributed by atoms with E-state index in [1.807, 2.05) is 0 Å². The van der Waals surface area contributed by atoms with Crippen LogP contribution < -0.4 is 5.32 Å². The van der Waals surface area contributed by atoms with Gasteiger partial charge in [-0.3, -0.25) is 4.90 Å². The molecule has 0 saturated heterocycles. The Balaban J connectivity index is 1.99. The van der Waals surface area contributed by atoms with Crippen molar-refractivity contribution in [2.75, 3.05) is 26.2 Å². The molecule has 1 unspecified atom stereocenters. The highest BCUT2D eigenvalue weighted by Crippen LogP contribution is 2.40. The fraction of sp³-hybridized carbons (Fsp3) is 1.00. The normalized spacial score (nSPS) is 24.0. The van der Waals surface area contributed by atoms with Crippen molar-refractivity contribution in [1.82, 2.24) is 10.2 Å². The summed E-state index contributed by atoms with van der Waals surface area (Å²) in [5.41, 5.74) is -0.0331. The molecule has 0 aromatic heterocycles. The van der Waals surface area contributed by atoms with Gasteiger partial charge < -0.3 is 10.4 Å². The summed E-state index contributed by atoms with van der Waals surface area (Å²) in [5, 5.41) is 13.7. The molecule has 0 heterocycles. The zero-order valence-corrected chi connectivity index (χ0v) is 12.8. The van der Waals surface area contributed by atoms with Crippen LogP contribution in [0.1, 0.15) is 58.8 Å². The Hall–Kier alpha value is -0.120. The Labute approximate surface area is 118 Å². The molecule has 19 heavy (non-hydrogen) atoms. The fourth-order valence-electron chi connectivity index (χ4n) is 3.71. The third-order valence-corrected chi connectivity index (χ3v) is 5.10. The Morgan fingerprint density at radius 2 is 1.84 bits per heavy atom. The maximum atomic E-state index is 10.0. The summed E-state index contributed by atoms with van der Waals surface area (Å²) in [7, 11) is 0. The van der Waals surface area contributed by atoms with E-state index < -0.39 is 0 Å². The van der Waals surface area contributed by atoms with E-state index in [0.29, 0.717) is 12.5 Å². The first-order valence-electron chi connectivity index (χ1n) is 8.35. The van der Waals surface area contributed by atoms with Crippen LogP contribution in [0.25, 0.3) is 0 Å². The van der Waals surface area contributed by atoms with E-state index in [-0.39, 0.29) is 5.54 Å². The van der Waals surface area contributed by atoms with Gasteiger partial charge in [0.2, 0.25) is 0 Å². The predicted octanol–water partition coefficient (Wildman–Crippen LogP) is 2.39. The van der Waals surface area contributed by atoms with E-state index in [9.17, 15) is 5.11 Å². The third kappa shape index (κ3) is 3.71. The number of hydrogen-bond acceptors (Lipinski definition) is 3. The lowest BCUT2D eigenvalue weighted by Gasteiger charge is -2.40. The van der Waals surface area contributed by atoms with E-state index >= 15 is 0 Å². The third-order valence-electron chi connectivity index (χ3n) is 5.10. The quantitative estimate of drug-likeness (QED) is 0.674. The second kappa shape index (κ2) is 7.05. The molecule has 2 saturated carbocycles. The molecule has 0 aromatic carbocycles. The van der Waals surface area contributed by atoms with Crippen LogP contribution in [0.4, 0.5) is 0 Å². The van der Waals surface area contributed by atoms with Crippen molar-refractivity contribution in [2.45, 2.75) is 70.4 Å². The Morgan fingerprint density at radius 1 is 1.16 bits per heavy atom. The lowest BCUT2D eigenvalue weighted by molar-refractivity contribution is 0.0736. The summed E-state index contributed by atoms with van der Waals surface area (Å²) in [4.78, 5) is 2.63. The van der Waals surface area contributed by atoms with Crippen molar-refractivity contribution >= 4 is 0 Å². The maximum Gasteiger partial charge on any atom is 0.0628 e. The van der Waals surface area contributed by atoms with Crippen molar-refractivity contribution in [3.8, 4) is 0 Å². The molecule has 0 aromatic rings. The molecule has 0 bridgehead atoms. The summed E-state index contributed by atoms with van der Waals surface area (Å²) >= 11 is 0. The fourth-order valence-corrected chi connectivity index (χ4v) is 3.71. The summed E-state index contributed by atoms with van der Waals surface area (Å²) in [5.74, 6) is 0.694. The van der Waals surface area contributed by atoms with Crippen LogP contribution in [0.15, 0.2) is 0 Å². The van der Waals surface area contributed by atoms with Crippen molar-refractivity contribution in [3.05, 3.63) is 0 Å². The molecule has 2 N–H and O–H groups in total. The highest BCUT2D eigenvalue weighted by molar-refractivity contribution is 5.03. The van der Waals surface area contributed by atoms with Gasteiger partial charge in [-0.2, -0.15) is 0 Å². The zero-order chi connectivity index (χ0) is 13.7. The van der Waals surface area contributed by atoms with E-state index in [0.717, 1.165) is 32.1 Å². The average Bonchev–Trinajstić information content (AvgIpc) is 3.16. The summed E-state index contributed by atoms with van der Waals surface area (Å²) in [6.07, 6.45) is 9.21. The van der Waals surface area contributed by atoms with E-state index in [1.54, 1.807) is 0 Å². The van der Waals surface area contributed by atoms with Crippen LogP contribution in [0, 0.1) is 5.92 Å². The first-order chi connectivity index (χ1) is 9.25. The molecule has 0 spiro atoms. The lowest BCUT2D eigenvalue weighted by atomic mass is 9.92. The van der Waals surface area contributed by atoms with Crippen LogP contribution in [0.2, 0.25) is 0 Å². The molecule has 0 aliphatic heterocycles. The Morgan fingerprint density at radius 3 is 2.32 bits per heavy atom. The molecule has 3 nitrogen and oxygen atoms in total. The second-order valence-electron chi connectivity index (χ2n) is 6.52. The first-order valence-corrected chi connectivity index (χ1v) is 8.35. The summed E-state index contributed by atoms with van der Waals surface area (Å²) in [6, 6.07) is 0.762. The molecule has 0 amide bonds. The van der Waals surface area contributed by atoms with Crippen molar-refractivity contribution in [3.63, 3.8) is 0 Å². The average molecular weight is 268 g/mol. The van der Waals surface area contributed by atoms with Crippen molar-refractivity contribution in [1.29, 1.82) is 0 Å². The van der Waals surface area contributed by atoms with Crippen LogP contribution in [0.3, 0.4) is 0 Å². The van der Waals surface area contributed by atoms with Gasteiger partial charge in [-0.15, -0.1) is 0 Å². The number of nitrogens with one attached hydrogen (secondary N) is 1. The molecular formula is C16H32N2O. The Bertz CT molecular complexity index is 261. The minimum absolute atomic E-state index is 0.0331. The van der Waals surface area contributed by atoms with Crippen molar-refractivity contribution in [2.24, 2.45) is 5.92 Å². The number of nitrogens with zero attached hydrogens (tertiary/aromatic N) is 1. The van der Waals surface area contributed by atoms with Gasteiger partial charge in [0.1, 0.15) is 0 Å². The van der Waals surface area contributed by atoms with Gasteiger partial charge in [-0.05, 0) is 51.1 Å². The van der Waals surface area contributed by atoms with Crippen LogP contribution in [-0.4, -0.2) is 47.8 Å². The van der Waals surface area contributed by atoms with E-state index in [1.165, 1.54) is 38.5 Å². The van der Waals surface area contributed by atoms with Gasteiger partial charge in [0, 0.05) is 12.6 Å². The molecule has 1 atom stereocenters. The van der Waals surface area contributed by atoms with Crippen LogP contribution >= 0.6 is 0 Å². The monoisotopic (exact) mass is 268 g/mol. The number of hydrogen-bond donors (Lipinski definition) is 2. The molecule has 2 fully saturated rings. The SMILES string of the molecule is CCCNC(CO)(CN(CC)C1CCCC1)C1CC1. The molecule has 0 radical (unpaired) electrons. The van der Waals surface area contributed by atoms with Crippen molar-refractivity contribution < 1.29 is 5.11 Å². The van der Waals surface area contributed by atoms with Gasteiger partial charge in [0.25, 0.3) is 0 Å². The summed E-state index contributed by atoms with van der Waals surface area (Å²) < 4.78 is 0. The van der Waals surface area contributed by atoms with E-state index in [2.05, 4.69) is 24.1 Å². The number of aliphatic hydroxyl groups excluding tert-OH is 1. The highest BCUT2D eigenvalue weighted by Gasteiger charge is 2.46. The number of rotatable bonds is 9. The van der Waals surface area contributed by atoms with Gasteiger partial charge in [0.15, 0.2) is 0 Å². The number of likely N-dealkylation sites (N-methyl/N-ethyl adjacent to an activating group) is 1. The standard InChI is InChI=1S/C16H32N2O/c1-3-11-17-16(13-19,14-9-10-14)12-18(4-2)15-7-5-6-8-15/h14-15,17,19H,3-13H2,1-2H3. The smallest absolute Gasteiger partial charge is 0.0628 e. The van der Waals surface area contributed by atoms with Crippen LogP contribution in [-0.2, 0) is 0 Å². The molecule has 2 rings (SSSR count). The van der Waals surface area contributed by atoms with Gasteiger partial charge >= 0.3 is 0 Å². The minimum atomic E-state index is -0.0331. The molecule has 2 aliphatic rings. The highest BCUT2D eigenvalue weighted by atomic mass is 16.3. The molecular weight excluding hydrogens is 236 g/mol. The van der Waals surface area contributed by atoms with Gasteiger partial charge in [-0.25, -0.2) is 0 Å². The minimum Gasteiger partial charge on any atom is -0.394 e. The second-order valence-corrected chi connectivity index (χ2v) is 6.52. The maximum absolute atomic E-state index is 10.0. The molecule has 112 valence electrons. The molecule has 3 heteroatoms.